The van der Waals surface area contributed by atoms with E-state index in [2.05, 4.69) is 79.2 Å². The Morgan fingerprint density at radius 2 is 2.08 bits per heavy atom. The highest BCUT2D eigenvalue weighted by Crippen LogP contribution is 2.43. The molecule has 0 fully saturated rings. The third-order valence-corrected chi connectivity index (χ3v) is 3.05. The molecule has 0 aliphatic rings. The molecule has 0 aromatic carbocycles. The van der Waals surface area contributed by atoms with E-state index in [1.807, 2.05) is 7.05 Å². The van der Waals surface area contributed by atoms with Crippen LogP contribution >= 0.6 is 63.7 Å². The van der Waals surface area contributed by atoms with E-state index in [0.717, 1.165) is 12.2 Å². The summed E-state index contributed by atoms with van der Waals surface area (Å²) in [4.78, 5) is 0.0885. The van der Waals surface area contributed by atoms with Gasteiger partial charge in [0.1, 0.15) is 2.14 Å². The fourth-order valence-corrected chi connectivity index (χ4v) is 3.94. The van der Waals surface area contributed by atoms with E-state index in [-0.39, 0.29) is 6.97 Å². The number of tetrazole rings is 1. The highest BCUT2D eigenvalue weighted by molar-refractivity contribution is 9.39. The van der Waals surface area contributed by atoms with Crippen molar-refractivity contribution in [1.82, 2.24) is 20.2 Å². The first-order valence-corrected chi connectivity index (χ1v) is 6.62. The third-order valence-electron chi connectivity index (χ3n) is 1.34. The van der Waals surface area contributed by atoms with Crippen LogP contribution in [0.3, 0.4) is 0 Å². The largest absolute Gasteiger partial charge is 0.232 e. The summed E-state index contributed by atoms with van der Waals surface area (Å²) in [6.07, 6.45) is 0.765. The minimum absolute atomic E-state index is 0.0885. The smallest absolute Gasteiger partial charge is 0.164 e. The molecule has 0 radical (unpaired) electrons. The standard InChI is InChI=1S/C5H6Br4N4/c1-13-4(10-11-12-13)3(6)2-5(7,8)9/h3H,2H2,1H3/t3-/m0/s1. The summed E-state index contributed by atoms with van der Waals surface area (Å²) < 4.78 is 1.35. The summed E-state index contributed by atoms with van der Waals surface area (Å²) in [6, 6.07) is 0. The first-order valence-electron chi connectivity index (χ1n) is 3.33. The maximum atomic E-state index is 3.89. The van der Waals surface area contributed by atoms with Gasteiger partial charge in [-0.1, -0.05) is 63.7 Å². The van der Waals surface area contributed by atoms with Crippen molar-refractivity contribution in [3.8, 4) is 0 Å². The predicted molar refractivity (Wildman–Crippen MR) is 64.6 cm³/mol. The molecule has 0 bridgehead atoms. The molecule has 0 saturated heterocycles. The molecule has 4 nitrogen and oxygen atoms in total. The van der Waals surface area contributed by atoms with Crippen molar-refractivity contribution in [3.63, 3.8) is 0 Å². The Balaban J connectivity index is 2.69. The molecule has 8 heteroatoms. The zero-order valence-corrected chi connectivity index (χ0v) is 12.9. The van der Waals surface area contributed by atoms with Gasteiger partial charge in [0.25, 0.3) is 0 Å². The number of hydrogen-bond donors (Lipinski definition) is 0. The van der Waals surface area contributed by atoms with Crippen LogP contribution in [0.25, 0.3) is 0 Å². The van der Waals surface area contributed by atoms with E-state index in [1.165, 1.54) is 0 Å². The van der Waals surface area contributed by atoms with Crippen LogP contribution in [0.2, 0.25) is 0 Å². The van der Waals surface area contributed by atoms with E-state index in [0.29, 0.717) is 0 Å². The summed E-state index contributed by atoms with van der Waals surface area (Å²) in [7, 11) is 1.81. The highest BCUT2D eigenvalue weighted by Gasteiger charge is 2.26. The number of nitrogens with zero attached hydrogens (tertiary/aromatic N) is 4. The minimum Gasteiger partial charge on any atom is -0.232 e. The van der Waals surface area contributed by atoms with Crippen molar-refractivity contribution < 1.29 is 0 Å². The zero-order chi connectivity index (χ0) is 10.1. The molecule has 1 atom stereocenters. The molecular formula is C5H6Br4N4. The first kappa shape index (κ1) is 12.1. The summed E-state index contributed by atoms with van der Waals surface area (Å²) >= 11 is 13.7. The molecule has 13 heavy (non-hydrogen) atoms. The van der Waals surface area contributed by atoms with Gasteiger partial charge in [0.05, 0.1) is 4.83 Å². The highest BCUT2D eigenvalue weighted by atomic mass is 80.0. The second-order valence-electron chi connectivity index (χ2n) is 2.45. The lowest BCUT2D eigenvalue weighted by Gasteiger charge is -2.15. The Kier molecular flexibility index (Phi) is 4.34. The summed E-state index contributed by atoms with van der Waals surface area (Å²) in [5, 5.41) is 11.2. The molecule has 1 aromatic heterocycles. The SMILES string of the molecule is Cn1nnnc1[C@@H](Br)CC(Br)(Br)Br. The molecule has 0 unspecified atom stereocenters. The van der Waals surface area contributed by atoms with Crippen LogP contribution in [-0.2, 0) is 7.05 Å². The van der Waals surface area contributed by atoms with Crippen molar-refractivity contribution >= 4 is 63.7 Å². The second kappa shape index (κ2) is 4.67. The molecule has 0 saturated carbocycles. The van der Waals surface area contributed by atoms with E-state index in [4.69, 9.17) is 0 Å². The molecule has 0 aliphatic carbocycles. The molecule has 1 aromatic rings. The summed E-state index contributed by atoms with van der Waals surface area (Å²) in [5.41, 5.74) is 0. The maximum absolute atomic E-state index is 3.89. The van der Waals surface area contributed by atoms with E-state index in [9.17, 15) is 0 Å². The average Bonchev–Trinajstić information content (AvgIpc) is 2.30. The van der Waals surface area contributed by atoms with Gasteiger partial charge in [-0.3, -0.25) is 0 Å². The van der Waals surface area contributed by atoms with Crippen LogP contribution in [-0.4, -0.2) is 22.4 Å². The Bertz CT molecular complexity index is 280. The summed E-state index contributed by atoms with van der Waals surface area (Å²) in [6.45, 7) is 0. The molecule has 1 heterocycles. The summed E-state index contributed by atoms with van der Waals surface area (Å²) in [5.74, 6) is 0.794. The van der Waals surface area contributed by atoms with E-state index in [1.54, 1.807) is 4.68 Å². The van der Waals surface area contributed by atoms with Crippen LogP contribution in [0.5, 0.6) is 0 Å². The third kappa shape index (κ3) is 3.93. The molecular weight excluding hydrogens is 436 g/mol. The second-order valence-corrected chi connectivity index (χ2v) is 10.8. The average molecular weight is 442 g/mol. The Morgan fingerprint density at radius 3 is 2.46 bits per heavy atom. The molecule has 0 N–H and O–H groups in total. The van der Waals surface area contributed by atoms with Gasteiger partial charge < -0.3 is 0 Å². The van der Waals surface area contributed by atoms with Gasteiger partial charge in [-0.2, -0.15) is 0 Å². The van der Waals surface area contributed by atoms with Gasteiger partial charge in [0.2, 0.25) is 0 Å². The van der Waals surface area contributed by atoms with Crippen LogP contribution in [0.4, 0.5) is 0 Å². The van der Waals surface area contributed by atoms with E-state index < -0.39 is 0 Å². The van der Waals surface area contributed by atoms with E-state index >= 15 is 0 Å². The van der Waals surface area contributed by atoms with Gasteiger partial charge in [0, 0.05) is 13.5 Å². The van der Waals surface area contributed by atoms with Crippen LogP contribution in [0.1, 0.15) is 17.1 Å². The molecule has 1 rings (SSSR count). The van der Waals surface area contributed by atoms with Crippen molar-refractivity contribution in [2.75, 3.05) is 0 Å². The number of aromatic nitrogens is 4. The number of halogens is 4. The predicted octanol–water partition coefficient (Wildman–Crippen LogP) is 2.87. The van der Waals surface area contributed by atoms with Crippen molar-refractivity contribution in [2.24, 2.45) is 7.05 Å². The molecule has 74 valence electrons. The lowest BCUT2D eigenvalue weighted by atomic mass is 10.3. The zero-order valence-electron chi connectivity index (χ0n) is 6.59. The van der Waals surface area contributed by atoms with Gasteiger partial charge in [-0.05, 0) is 10.4 Å². The monoisotopic (exact) mass is 438 g/mol. The van der Waals surface area contributed by atoms with Crippen LogP contribution in [0, 0.1) is 0 Å². The lowest BCUT2D eigenvalue weighted by molar-refractivity contribution is 0.664. The van der Waals surface area contributed by atoms with Gasteiger partial charge in [0.15, 0.2) is 5.82 Å². The number of hydrogen-bond acceptors (Lipinski definition) is 3. The topological polar surface area (TPSA) is 43.6 Å². The molecule has 0 amide bonds. The van der Waals surface area contributed by atoms with Crippen molar-refractivity contribution in [2.45, 2.75) is 13.4 Å². The Labute approximate surface area is 109 Å². The van der Waals surface area contributed by atoms with Gasteiger partial charge in [-0.15, -0.1) is 5.10 Å². The minimum atomic E-state index is -0.285. The normalized spacial score (nSPS) is 14.5. The fraction of sp³-hybridized carbons (Fsp3) is 0.800. The number of alkyl halides is 4. The van der Waals surface area contributed by atoms with Crippen molar-refractivity contribution in [1.29, 1.82) is 0 Å². The van der Waals surface area contributed by atoms with Gasteiger partial charge >= 0.3 is 0 Å². The van der Waals surface area contributed by atoms with Crippen LogP contribution in [0.15, 0.2) is 0 Å². The van der Waals surface area contributed by atoms with Crippen molar-refractivity contribution in [3.05, 3.63) is 5.82 Å². The Morgan fingerprint density at radius 1 is 1.46 bits per heavy atom. The lowest BCUT2D eigenvalue weighted by Crippen LogP contribution is -2.09. The first-order chi connectivity index (χ1) is 5.90. The quantitative estimate of drug-likeness (QED) is 0.663. The maximum Gasteiger partial charge on any atom is 0.164 e. The molecule has 0 aliphatic heterocycles. The number of aryl methyl sites for hydroxylation is 1. The van der Waals surface area contributed by atoms with Crippen LogP contribution < -0.4 is 0 Å². The number of rotatable bonds is 2. The van der Waals surface area contributed by atoms with Gasteiger partial charge in [-0.25, -0.2) is 4.68 Å². The fourth-order valence-electron chi connectivity index (χ4n) is 0.796. The molecule has 0 spiro atoms. The Hall–Kier alpha value is 0.990.